The zero-order chi connectivity index (χ0) is 16.8. The van der Waals surface area contributed by atoms with Crippen LogP contribution in [0.25, 0.3) is 0 Å². The number of hydrogen-bond donors (Lipinski definition) is 1. The van der Waals surface area contributed by atoms with Crippen LogP contribution in [0.5, 0.6) is 0 Å². The van der Waals surface area contributed by atoms with Crippen molar-refractivity contribution < 1.29 is 62.9 Å². The smallest absolute Gasteiger partial charge is 0.348 e. The summed E-state index contributed by atoms with van der Waals surface area (Å²) in [4.78, 5) is 9.66. The Morgan fingerprint density at radius 2 is 1.15 bits per heavy atom. The molecule has 0 saturated heterocycles. The quantitative estimate of drug-likeness (QED) is 0.637. The average molecular weight is 330 g/mol. The van der Waals surface area contributed by atoms with Crippen LogP contribution in [0.4, 0.5) is 48.3 Å². The second kappa shape index (κ2) is 4.68. The van der Waals surface area contributed by atoms with Crippen molar-refractivity contribution >= 4 is 6.04 Å². The van der Waals surface area contributed by atoms with Crippen LogP contribution in [-0.2, 0) is 9.53 Å². The minimum atomic E-state index is -6.99. The highest BCUT2D eigenvalue weighted by molar-refractivity contribution is 5.77. The Hall–Kier alpha value is -1.18. The standard InChI is InChI=1S/C6HF11O3/c7-1(18)2(8,4(10,11)12)20-6(16,17)3(9,19)5(13,14)15/h19H. The van der Waals surface area contributed by atoms with E-state index in [9.17, 15) is 53.1 Å². The van der Waals surface area contributed by atoms with Crippen molar-refractivity contribution in [3.05, 3.63) is 0 Å². The summed E-state index contributed by atoms with van der Waals surface area (Å²) in [6.07, 6.45) is -20.8. The van der Waals surface area contributed by atoms with E-state index in [1.54, 1.807) is 4.74 Å². The number of hydrogen-bond acceptors (Lipinski definition) is 3. The first-order valence-electron chi connectivity index (χ1n) is 3.91. The van der Waals surface area contributed by atoms with Crippen molar-refractivity contribution in [2.75, 3.05) is 0 Å². The molecule has 0 aliphatic heterocycles. The first kappa shape index (κ1) is 18.8. The topological polar surface area (TPSA) is 46.5 Å². The monoisotopic (exact) mass is 330 g/mol. The lowest BCUT2D eigenvalue weighted by molar-refractivity contribution is -0.489. The molecule has 0 radical (unpaired) electrons. The van der Waals surface area contributed by atoms with E-state index in [0.717, 1.165) is 0 Å². The van der Waals surface area contributed by atoms with Gasteiger partial charge in [-0.1, -0.05) is 0 Å². The maximum Gasteiger partial charge on any atom is 0.459 e. The largest absolute Gasteiger partial charge is 0.459 e. The highest BCUT2D eigenvalue weighted by atomic mass is 19.4. The van der Waals surface area contributed by atoms with Crippen LogP contribution < -0.4 is 0 Å². The average Bonchev–Trinajstić information content (AvgIpc) is 2.12. The lowest BCUT2D eigenvalue weighted by Gasteiger charge is -2.33. The van der Waals surface area contributed by atoms with E-state index < -0.39 is 36.2 Å². The first-order chi connectivity index (χ1) is 8.40. The van der Waals surface area contributed by atoms with Gasteiger partial charge in [0.15, 0.2) is 0 Å². The summed E-state index contributed by atoms with van der Waals surface area (Å²) in [7, 11) is 0. The maximum atomic E-state index is 12.6. The van der Waals surface area contributed by atoms with E-state index in [2.05, 4.69) is 0 Å². The molecule has 0 bridgehead atoms. The fourth-order valence-electron chi connectivity index (χ4n) is 0.619. The molecule has 0 aliphatic carbocycles. The Bertz CT molecular complexity index is 383. The molecule has 2 unspecified atom stereocenters. The zero-order valence-electron chi connectivity index (χ0n) is 8.42. The van der Waals surface area contributed by atoms with Gasteiger partial charge in [0.2, 0.25) is 0 Å². The third kappa shape index (κ3) is 2.94. The molecule has 0 aliphatic rings. The van der Waals surface area contributed by atoms with Gasteiger partial charge < -0.3 is 5.11 Å². The van der Waals surface area contributed by atoms with Gasteiger partial charge >= 0.3 is 36.2 Å². The van der Waals surface area contributed by atoms with Crippen LogP contribution in [0.2, 0.25) is 0 Å². The molecule has 0 heterocycles. The van der Waals surface area contributed by atoms with Gasteiger partial charge in [-0.15, -0.1) is 0 Å². The number of ether oxygens (including phenoxy) is 1. The minimum Gasteiger partial charge on any atom is -0.348 e. The summed E-state index contributed by atoms with van der Waals surface area (Å²) in [5.74, 6) is -13.4. The molecular formula is C6HF11O3. The van der Waals surface area contributed by atoms with E-state index >= 15 is 0 Å². The molecule has 14 heteroatoms. The third-order valence-corrected chi connectivity index (χ3v) is 1.65. The fraction of sp³-hybridized carbons (Fsp3) is 0.833. The van der Waals surface area contributed by atoms with Crippen molar-refractivity contribution in [1.29, 1.82) is 0 Å². The van der Waals surface area contributed by atoms with Crippen LogP contribution >= 0.6 is 0 Å². The van der Waals surface area contributed by atoms with Gasteiger partial charge in [0, 0.05) is 0 Å². The first-order valence-corrected chi connectivity index (χ1v) is 3.91. The van der Waals surface area contributed by atoms with Crippen LogP contribution in [0.15, 0.2) is 0 Å². The van der Waals surface area contributed by atoms with Gasteiger partial charge in [0.25, 0.3) is 0 Å². The number of halogens is 11. The van der Waals surface area contributed by atoms with Crippen molar-refractivity contribution in [1.82, 2.24) is 0 Å². The van der Waals surface area contributed by atoms with Crippen LogP contribution in [-0.4, -0.2) is 41.3 Å². The number of aliphatic hydroxyl groups is 1. The Kier molecular flexibility index (Phi) is 4.40. The molecule has 2 atom stereocenters. The molecule has 0 rings (SSSR count). The van der Waals surface area contributed by atoms with E-state index in [4.69, 9.17) is 5.11 Å². The number of carbonyl (C=O) groups is 1. The van der Waals surface area contributed by atoms with Gasteiger partial charge in [0.05, 0.1) is 0 Å². The molecule has 0 amide bonds. The number of carbonyl (C=O) groups excluding carboxylic acids is 1. The second-order valence-electron chi connectivity index (χ2n) is 3.11. The highest BCUT2D eigenvalue weighted by Crippen LogP contribution is 2.49. The third-order valence-electron chi connectivity index (χ3n) is 1.65. The van der Waals surface area contributed by atoms with E-state index in [-0.39, 0.29) is 0 Å². The molecule has 20 heavy (non-hydrogen) atoms. The number of alkyl halides is 10. The predicted molar refractivity (Wildman–Crippen MR) is 34.2 cm³/mol. The Labute approximate surface area is 100 Å². The Morgan fingerprint density at radius 3 is 1.35 bits per heavy atom. The molecule has 0 aromatic rings. The second-order valence-corrected chi connectivity index (χ2v) is 3.11. The van der Waals surface area contributed by atoms with Crippen molar-refractivity contribution in [3.63, 3.8) is 0 Å². The predicted octanol–water partition coefficient (Wildman–Crippen LogP) is 2.54. The van der Waals surface area contributed by atoms with Crippen molar-refractivity contribution in [2.24, 2.45) is 0 Å². The van der Waals surface area contributed by atoms with E-state index in [1.807, 2.05) is 0 Å². The summed E-state index contributed by atoms with van der Waals surface area (Å²) in [6, 6.07) is -4.33. The summed E-state index contributed by atoms with van der Waals surface area (Å²) in [5.41, 5.74) is 0. The van der Waals surface area contributed by atoms with Crippen LogP contribution in [0.3, 0.4) is 0 Å². The van der Waals surface area contributed by atoms with E-state index in [0.29, 0.717) is 0 Å². The van der Waals surface area contributed by atoms with Gasteiger partial charge in [-0.2, -0.15) is 48.3 Å². The van der Waals surface area contributed by atoms with Crippen molar-refractivity contribution in [2.45, 2.75) is 30.2 Å². The van der Waals surface area contributed by atoms with Crippen LogP contribution in [0, 0.1) is 0 Å². The maximum absolute atomic E-state index is 12.6. The SMILES string of the molecule is O=C(F)C(F)(OC(F)(F)C(O)(F)C(F)(F)F)C(F)(F)F. The molecule has 1 N–H and O–H groups in total. The summed E-state index contributed by atoms with van der Waals surface area (Å²) >= 11 is 0. The molecule has 0 saturated carbocycles. The number of rotatable bonds is 4. The molecule has 3 nitrogen and oxygen atoms in total. The molecule has 0 aromatic carbocycles. The highest BCUT2D eigenvalue weighted by Gasteiger charge is 2.78. The molecule has 120 valence electrons. The lowest BCUT2D eigenvalue weighted by Crippen LogP contribution is -2.62. The van der Waals surface area contributed by atoms with Gasteiger partial charge in [-0.25, -0.2) is 0 Å². The molecule has 0 aromatic heterocycles. The van der Waals surface area contributed by atoms with Gasteiger partial charge in [0.1, 0.15) is 0 Å². The summed E-state index contributed by atoms with van der Waals surface area (Å²) < 4.78 is 134. The zero-order valence-corrected chi connectivity index (χ0v) is 8.42. The summed E-state index contributed by atoms with van der Waals surface area (Å²) in [5, 5.41) is 7.76. The molecule has 0 fully saturated rings. The van der Waals surface area contributed by atoms with Crippen molar-refractivity contribution in [3.8, 4) is 0 Å². The van der Waals surface area contributed by atoms with Gasteiger partial charge in [-0.3, -0.25) is 9.53 Å². The minimum absolute atomic E-state index is 1.65. The summed E-state index contributed by atoms with van der Waals surface area (Å²) in [6.45, 7) is 0. The van der Waals surface area contributed by atoms with Gasteiger partial charge in [-0.05, 0) is 0 Å². The van der Waals surface area contributed by atoms with E-state index in [1.165, 1.54) is 0 Å². The normalized spacial score (nSPS) is 20.2. The molecular weight excluding hydrogens is 329 g/mol. The lowest BCUT2D eigenvalue weighted by atomic mass is 10.2. The molecule has 0 spiro atoms. The fourth-order valence-corrected chi connectivity index (χ4v) is 0.619. The van der Waals surface area contributed by atoms with Crippen LogP contribution in [0.1, 0.15) is 0 Å². The Balaban J connectivity index is 5.73. The Morgan fingerprint density at radius 1 is 0.800 bits per heavy atom.